The number of pyridine rings is 2. The van der Waals surface area contributed by atoms with Crippen LogP contribution in [0, 0.1) is 6.92 Å². The highest BCUT2D eigenvalue weighted by atomic mass is 16.5. The van der Waals surface area contributed by atoms with Gasteiger partial charge in [0.25, 0.3) is 6.01 Å². The van der Waals surface area contributed by atoms with Crippen LogP contribution < -0.4 is 15.1 Å². The van der Waals surface area contributed by atoms with Crippen LogP contribution >= 0.6 is 0 Å². The molecule has 0 aliphatic carbocycles. The van der Waals surface area contributed by atoms with Gasteiger partial charge >= 0.3 is 0 Å². The van der Waals surface area contributed by atoms with E-state index in [9.17, 15) is 10.2 Å². The lowest BCUT2D eigenvalue weighted by molar-refractivity contribution is 0.120. The maximum absolute atomic E-state index is 11.0. The summed E-state index contributed by atoms with van der Waals surface area (Å²) in [5, 5.41) is 24.2. The molecule has 36 heavy (non-hydrogen) atoms. The number of nitrogens with zero attached hydrogens (tertiary/aromatic N) is 6. The number of aliphatic hydroxyl groups excluding tert-OH is 2. The third-order valence-electron chi connectivity index (χ3n) is 6.33. The molecule has 6 heterocycles. The highest BCUT2D eigenvalue weighted by Gasteiger charge is 2.27. The Morgan fingerprint density at radius 1 is 1.11 bits per heavy atom. The number of aryl methyl sites for hydroxylation is 1. The SMILES string of the molecule is Cc1cc(-c2nc(C(O)Nc3cc4oc(N5CCOCC5)nc4nc3N3CCC(O)C3)co2)ccn1. The molecule has 12 heteroatoms. The van der Waals surface area contributed by atoms with Gasteiger partial charge in [-0.25, -0.2) is 9.97 Å². The number of ether oxygens (including phenoxy) is 1. The van der Waals surface area contributed by atoms with Gasteiger partial charge < -0.3 is 38.9 Å². The van der Waals surface area contributed by atoms with Crippen molar-refractivity contribution in [3.8, 4) is 11.5 Å². The summed E-state index contributed by atoms with van der Waals surface area (Å²) in [5.41, 5.74) is 3.42. The molecule has 0 radical (unpaired) electrons. The molecule has 3 N–H and O–H groups in total. The van der Waals surface area contributed by atoms with Crippen molar-refractivity contribution in [1.29, 1.82) is 0 Å². The average Bonchev–Trinajstić information content (AvgIpc) is 3.63. The summed E-state index contributed by atoms with van der Waals surface area (Å²) in [6.45, 7) is 5.56. The molecule has 4 aromatic rings. The van der Waals surface area contributed by atoms with Crippen LogP contribution in [-0.2, 0) is 4.74 Å². The number of rotatable bonds is 6. The number of hydrogen-bond donors (Lipinski definition) is 3. The minimum atomic E-state index is -1.17. The van der Waals surface area contributed by atoms with Crippen molar-refractivity contribution in [1.82, 2.24) is 19.9 Å². The Kier molecular flexibility index (Phi) is 5.91. The predicted molar refractivity (Wildman–Crippen MR) is 131 cm³/mol. The van der Waals surface area contributed by atoms with Crippen molar-refractivity contribution in [2.24, 2.45) is 0 Å². The Labute approximate surface area is 206 Å². The highest BCUT2D eigenvalue weighted by Crippen LogP contribution is 2.34. The minimum absolute atomic E-state index is 0.318. The quantitative estimate of drug-likeness (QED) is 0.338. The summed E-state index contributed by atoms with van der Waals surface area (Å²) in [6.07, 6.45) is 2.13. The molecule has 6 rings (SSSR count). The highest BCUT2D eigenvalue weighted by molar-refractivity contribution is 5.82. The van der Waals surface area contributed by atoms with Gasteiger partial charge in [-0.2, -0.15) is 4.98 Å². The molecule has 0 bridgehead atoms. The fourth-order valence-corrected chi connectivity index (χ4v) is 4.46. The number of β-amino-alcohol motifs (C(OH)–C–C–N with tert-alkyl or cyclic N) is 1. The van der Waals surface area contributed by atoms with Crippen molar-refractivity contribution >= 4 is 28.8 Å². The summed E-state index contributed by atoms with van der Waals surface area (Å²) >= 11 is 0. The van der Waals surface area contributed by atoms with Crippen LogP contribution in [0.25, 0.3) is 22.7 Å². The lowest BCUT2D eigenvalue weighted by Crippen LogP contribution is -2.36. The number of oxazole rings is 2. The first kappa shape index (κ1) is 22.7. The number of fused-ring (bicyclic) bond motifs is 1. The maximum atomic E-state index is 11.0. The van der Waals surface area contributed by atoms with Crippen LogP contribution in [0.2, 0.25) is 0 Å². The van der Waals surface area contributed by atoms with Gasteiger partial charge in [-0.05, 0) is 25.5 Å². The van der Waals surface area contributed by atoms with Crippen molar-refractivity contribution in [2.45, 2.75) is 25.7 Å². The zero-order valence-corrected chi connectivity index (χ0v) is 19.8. The fraction of sp³-hybridized carbons (Fsp3) is 0.417. The standard InChI is InChI=1S/C24H27N7O5/c1-14-10-15(2-4-25-14)23-27-18(13-35-23)22(33)26-17-11-19-20(28-21(17)31-5-3-16(32)12-31)29-24(36-19)30-6-8-34-9-7-30/h2,4,10-11,13,16,22,26,32-33H,3,5-9,12H2,1H3. The number of aliphatic hydroxyl groups is 2. The number of morpholine rings is 1. The zero-order chi connectivity index (χ0) is 24.6. The summed E-state index contributed by atoms with van der Waals surface area (Å²) in [7, 11) is 0. The normalized spacial score (nSPS) is 19.2. The van der Waals surface area contributed by atoms with E-state index in [0.717, 1.165) is 11.3 Å². The summed E-state index contributed by atoms with van der Waals surface area (Å²) in [5.74, 6) is 0.964. The van der Waals surface area contributed by atoms with Crippen molar-refractivity contribution in [3.63, 3.8) is 0 Å². The number of aromatic nitrogens is 4. The van der Waals surface area contributed by atoms with E-state index >= 15 is 0 Å². The van der Waals surface area contributed by atoms with E-state index in [2.05, 4.69) is 20.3 Å². The average molecular weight is 494 g/mol. The van der Waals surface area contributed by atoms with E-state index in [-0.39, 0.29) is 0 Å². The molecule has 2 aliphatic heterocycles. The molecule has 2 fully saturated rings. The number of anilines is 3. The Morgan fingerprint density at radius 3 is 2.75 bits per heavy atom. The van der Waals surface area contributed by atoms with Gasteiger partial charge in [-0.3, -0.25) is 4.98 Å². The zero-order valence-electron chi connectivity index (χ0n) is 19.8. The largest absolute Gasteiger partial charge is 0.444 e. The molecule has 0 aromatic carbocycles. The molecular weight excluding hydrogens is 466 g/mol. The second kappa shape index (κ2) is 9.37. The topological polar surface area (TPSA) is 146 Å². The maximum Gasteiger partial charge on any atom is 0.300 e. The number of nitrogens with one attached hydrogen (secondary N) is 1. The molecule has 2 aliphatic rings. The smallest absolute Gasteiger partial charge is 0.300 e. The van der Waals surface area contributed by atoms with E-state index in [1.807, 2.05) is 22.8 Å². The van der Waals surface area contributed by atoms with Crippen molar-refractivity contribution < 1.29 is 23.8 Å². The van der Waals surface area contributed by atoms with Gasteiger partial charge in [0, 0.05) is 49.7 Å². The van der Waals surface area contributed by atoms with E-state index in [1.54, 1.807) is 18.3 Å². The Hall–Kier alpha value is -3.74. The second-order valence-electron chi connectivity index (χ2n) is 8.98. The van der Waals surface area contributed by atoms with Crippen molar-refractivity contribution in [3.05, 3.63) is 42.0 Å². The molecule has 0 saturated carbocycles. The van der Waals surface area contributed by atoms with Gasteiger partial charge in [0.15, 0.2) is 17.6 Å². The molecular formula is C24H27N7O5. The van der Waals surface area contributed by atoms with Crippen LogP contribution in [0.5, 0.6) is 0 Å². The number of hydrogen-bond acceptors (Lipinski definition) is 12. The predicted octanol–water partition coefficient (Wildman–Crippen LogP) is 2.09. The Morgan fingerprint density at radius 2 is 1.97 bits per heavy atom. The van der Waals surface area contributed by atoms with Gasteiger partial charge in [0.05, 0.1) is 25.0 Å². The lowest BCUT2D eigenvalue weighted by atomic mass is 10.2. The second-order valence-corrected chi connectivity index (χ2v) is 8.98. The van der Waals surface area contributed by atoms with Crippen LogP contribution in [0.4, 0.5) is 17.5 Å². The van der Waals surface area contributed by atoms with Gasteiger partial charge in [-0.15, -0.1) is 0 Å². The van der Waals surface area contributed by atoms with Gasteiger partial charge in [-0.1, -0.05) is 0 Å². The molecule has 0 spiro atoms. The molecule has 2 unspecified atom stereocenters. The first-order valence-electron chi connectivity index (χ1n) is 11.9. The molecule has 12 nitrogen and oxygen atoms in total. The van der Waals surface area contributed by atoms with Gasteiger partial charge in [0.1, 0.15) is 12.0 Å². The van der Waals surface area contributed by atoms with Crippen LogP contribution in [-0.4, -0.2) is 75.6 Å². The van der Waals surface area contributed by atoms with Crippen molar-refractivity contribution in [2.75, 3.05) is 54.5 Å². The molecule has 2 atom stereocenters. The summed E-state index contributed by atoms with van der Waals surface area (Å²) < 4.78 is 17.0. The molecule has 4 aromatic heterocycles. The van der Waals surface area contributed by atoms with Crippen LogP contribution in [0.3, 0.4) is 0 Å². The lowest BCUT2D eigenvalue weighted by Gasteiger charge is -2.24. The molecule has 0 amide bonds. The van der Waals surface area contributed by atoms with E-state index in [0.29, 0.717) is 86.1 Å². The van der Waals surface area contributed by atoms with Gasteiger partial charge in [0.2, 0.25) is 11.5 Å². The molecule has 2 saturated heterocycles. The third-order valence-corrected chi connectivity index (χ3v) is 6.33. The van der Waals surface area contributed by atoms with E-state index in [1.165, 1.54) is 6.26 Å². The summed E-state index contributed by atoms with van der Waals surface area (Å²) in [4.78, 5) is 22.0. The first-order chi connectivity index (χ1) is 17.5. The van der Waals surface area contributed by atoms with E-state index in [4.69, 9.17) is 18.6 Å². The monoisotopic (exact) mass is 493 g/mol. The third kappa shape index (κ3) is 4.45. The Bertz CT molecular complexity index is 1370. The Balaban J connectivity index is 1.31. The molecule has 188 valence electrons. The first-order valence-corrected chi connectivity index (χ1v) is 11.9. The minimum Gasteiger partial charge on any atom is -0.444 e. The summed E-state index contributed by atoms with van der Waals surface area (Å²) in [6, 6.07) is 5.92. The van der Waals surface area contributed by atoms with Crippen LogP contribution in [0.15, 0.2) is 39.5 Å². The fourth-order valence-electron chi connectivity index (χ4n) is 4.46. The van der Waals surface area contributed by atoms with E-state index < -0.39 is 12.3 Å². The van der Waals surface area contributed by atoms with Crippen LogP contribution in [0.1, 0.15) is 24.0 Å².